The largest absolute Gasteiger partial charge is 0.369 e. The van der Waals surface area contributed by atoms with E-state index in [4.69, 9.17) is 5.73 Å². The van der Waals surface area contributed by atoms with Crippen LogP contribution in [0.4, 0.5) is 0 Å². The fraction of sp³-hybridized carbons (Fsp3) is 0.609. The number of hydrogen-bond acceptors (Lipinski definition) is 4. The summed E-state index contributed by atoms with van der Waals surface area (Å²) in [7, 11) is 0. The Bertz CT molecular complexity index is 723. The van der Waals surface area contributed by atoms with Crippen LogP contribution in [0.5, 0.6) is 0 Å². The molecule has 2 heterocycles. The van der Waals surface area contributed by atoms with Crippen LogP contribution in [0, 0.1) is 5.92 Å². The molecule has 2 aliphatic heterocycles. The standard InChI is InChI=1S/C23H34N4O3/c1-18(23(30)27-12-10-20(11-13-27)22(24)29)25-14-16-26(17-15-25)21(28)9-5-8-19-6-3-2-4-7-19/h2-4,6-7,18,20H,5,8-17H2,1H3,(H2,24,29). The summed E-state index contributed by atoms with van der Waals surface area (Å²) < 4.78 is 0. The van der Waals surface area contributed by atoms with Gasteiger partial charge in [0.1, 0.15) is 0 Å². The Morgan fingerprint density at radius 1 is 0.967 bits per heavy atom. The molecule has 7 nitrogen and oxygen atoms in total. The third-order valence-corrected chi connectivity index (χ3v) is 6.48. The fourth-order valence-electron chi connectivity index (χ4n) is 4.41. The Morgan fingerprint density at radius 3 is 2.20 bits per heavy atom. The number of nitrogens with zero attached hydrogens (tertiary/aromatic N) is 3. The molecule has 0 spiro atoms. The van der Waals surface area contributed by atoms with Crippen LogP contribution in [-0.4, -0.2) is 77.7 Å². The number of benzene rings is 1. The molecule has 2 aliphatic rings. The molecular formula is C23H34N4O3. The van der Waals surface area contributed by atoms with E-state index in [9.17, 15) is 14.4 Å². The lowest BCUT2D eigenvalue weighted by Crippen LogP contribution is -2.56. The molecule has 1 atom stereocenters. The van der Waals surface area contributed by atoms with Crippen LogP contribution >= 0.6 is 0 Å². The van der Waals surface area contributed by atoms with Gasteiger partial charge in [-0.1, -0.05) is 30.3 Å². The predicted octanol–water partition coefficient (Wildman–Crippen LogP) is 1.27. The predicted molar refractivity (Wildman–Crippen MR) is 115 cm³/mol. The van der Waals surface area contributed by atoms with E-state index in [0.717, 1.165) is 25.9 Å². The summed E-state index contributed by atoms with van der Waals surface area (Å²) >= 11 is 0. The minimum absolute atomic E-state index is 0.110. The highest BCUT2D eigenvalue weighted by Crippen LogP contribution is 2.19. The normalized spacial score (nSPS) is 19.5. The maximum Gasteiger partial charge on any atom is 0.239 e. The number of piperazine rings is 1. The fourth-order valence-corrected chi connectivity index (χ4v) is 4.41. The van der Waals surface area contributed by atoms with Crippen molar-refractivity contribution in [3.63, 3.8) is 0 Å². The number of aryl methyl sites for hydroxylation is 1. The molecule has 0 aromatic heterocycles. The van der Waals surface area contributed by atoms with E-state index in [-0.39, 0.29) is 29.7 Å². The van der Waals surface area contributed by atoms with E-state index < -0.39 is 0 Å². The minimum Gasteiger partial charge on any atom is -0.369 e. The summed E-state index contributed by atoms with van der Waals surface area (Å²) in [6.45, 7) is 5.91. The first kappa shape index (κ1) is 22.3. The summed E-state index contributed by atoms with van der Waals surface area (Å²) in [5.41, 5.74) is 6.65. The maximum atomic E-state index is 12.9. The molecule has 3 amide bonds. The van der Waals surface area contributed by atoms with Crippen LogP contribution in [0.25, 0.3) is 0 Å². The summed E-state index contributed by atoms with van der Waals surface area (Å²) in [6.07, 6.45) is 3.65. The molecule has 0 radical (unpaired) electrons. The summed E-state index contributed by atoms with van der Waals surface area (Å²) in [5.74, 6) is -0.0563. The van der Waals surface area contributed by atoms with Crippen molar-refractivity contribution in [1.29, 1.82) is 0 Å². The minimum atomic E-state index is -0.264. The first-order chi connectivity index (χ1) is 14.5. The smallest absolute Gasteiger partial charge is 0.239 e. The highest BCUT2D eigenvalue weighted by Gasteiger charge is 2.32. The molecule has 2 saturated heterocycles. The van der Waals surface area contributed by atoms with Crippen molar-refractivity contribution < 1.29 is 14.4 Å². The topological polar surface area (TPSA) is 86.9 Å². The third-order valence-electron chi connectivity index (χ3n) is 6.48. The molecule has 0 saturated carbocycles. The van der Waals surface area contributed by atoms with Gasteiger partial charge in [-0.05, 0) is 38.2 Å². The van der Waals surface area contributed by atoms with Gasteiger partial charge in [0.05, 0.1) is 6.04 Å². The molecular weight excluding hydrogens is 380 g/mol. The van der Waals surface area contributed by atoms with E-state index in [0.29, 0.717) is 45.4 Å². The third kappa shape index (κ3) is 5.81. The summed E-state index contributed by atoms with van der Waals surface area (Å²) in [4.78, 5) is 42.6. The van der Waals surface area contributed by atoms with E-state index in [1.54, 1.807) is 0 Å². The zero-order valence-corrected chi connectivity index (χ0v) is 18.0. The Kier molecular flexibility index (Phi) is 7.85. The zero-order chi connectivity index (χ0) is 21.5. The summed E-state index contributed by atoms with van der Waals surface area (Å²) in [6, 6.07) is 10.0. The van der Waals surface area contributed by atoms with Crippen molar-refractivity contribution in [2.75, 3.05) is 39.3 Å². The monoisotopic (exact) mass is 414 g/mol. The molecule has 2 N–H and O–H groups in total. The first-order valence-electron chi connectivity index (χ1n) is 11.1. The van der Waals surface area contributed by atoms with Crippen molar-refractivity contribution in [3.05, 3.63) is 35.9 Å². The number of piperidine rings is 1. The summed E-state index contributed by atoms with van der Waals surface area (Å²) in [5, 5.41) is 0. The average molecular weight is 415 g/mol. The number of primary amides is 1. The molecule has 1 aromatic rings. The Hall–Kier alpha value is -2.41. The van der Waals surface area contributed by atoms with Gasteiger partial charge in [-0.15, -0.1) is 0 Å². The second-order valence-corrected chi connectivity index (χ2v) is 8.43. The molecule has 0 aliphatic carbocycles. The van der Waals surface area contributed by atoms with E-state index >= 15 is 0 Å². The average Bonchev–Trinajstić information content (AvgIpc) is 2.79. The highest BCUT2D eigenvalue weighted by molar-refractivity contribution is 5.82. The van der Waals surface area contributed by atoms with Gasteiger partial charge in [0.25, 0.3) is 0 Å². The van der Waals surface area contributed by atoms with Crippen molar-refractivity contribution >= 4 is 17.7 Å². The molecule has 0 bridgehead atoms. The van der Waals surface area contributed by atoms with Crippen LogP contribution in [0.1, 0.15) is 38.2 Å². The first-order valence-corrected chi connectivity index (χ1v) is 11.1. The Morgan fingerprint density at radius 2 is 1.60 bits per heavy atom. The van der Waals surface area contributed by atoms with Crippen molar-refractivity contribution in [2.24, 2.45) is 11.7 Å². The number of carbonyl (C=O) groups is 3. The number of rotatable bonds is 7. The molecule has 3 rings (SSSR count). The van der Waals surface area contributed by atoms with Crippen LogP contribution < -0.4 is 5.73 Å². The molecule has 2 fully saturated rings. The molecule has 30 heavy (non-hydrogen) atoms. The number of hydrogen-bond donors (Lipinski definition) is 1. The quantitative estimate of drug-likeness (QED) is 0.728. The van der Waals surface area contributed by atoms with Gasteiger partial charge >= 0.3 is 0 Å². The van der Waals surface area contributed by atoms with Gasteiger partial charge in [-0.25, -0.2) is 0 Å². The van der Waals surface area contributed by atoms with Crippen molar-refractivity contribution in [3.8, 4) is 0 Å². The Labute approximate surface area is 179 Å². The highest BCUT2D eigenvalue weighted by atomic mass is 16.2. The molecule has 164 valence electrons. The maximum absolute atomic E-state index is 12.9. The number of nitrogens with two attached hydrogens (primary N) is 1. The van der Waals surface area contributed by atoms with Crippen LogP contribution in [0.15, 0.2) is 30.3 Å². The number of likely N-dealkylation sites (tertiary alicyclic amines) is 1. The molecule has 1 aromatic carbocycles. The van der Waals surface area contributed by atoms with Gasteiger partial charge in [-0.2, -0.15) is 0 Å². The lowest BCUT2D eigenvalue weighted by molar-refractivity contribution is -0.141. The SMILES string of the molecule is CC(C(=O)N1CCC(C(N)=O)CC1)N1CCN(C(=O)CCCc2ccccc2)CC1. The van der Waals surface area contributed by atoms with Crippen LogP contribution in [0.3, 0.4) is 0 Å². The van der Waals surface area contributed by atoms with E-state index in [2.05, 4.69) is 17.0 Å². The van der Waals surface area contributed by atoms with Gasteiger partial charge in [0.2, 0.25) is 17.7 Å². The Balaban J connectivity index is 1.38. The second-order valence-electron chi connectivity index (χ2n) is 8.43. The van der Waals surface area contributed by atoms with Gasteiger partial charge in [0, 0.05) is 51.6 Å². The van der Waals surface area contributed by atoms with Gasteiger partial charge in [0.15, 0.2) is 0 Å². The molecule has 1 unspecified atom stereocenters. The second kappa shape index (κ2) is 10.6. The van der Waals surface area contributed by atoms with Gasteiger partial charge in [-0.3, -0.25) is 19.3 Å². The van der Waals surface area contributed by atoms with Crippen LogP contribution in [-0.2, 0) is 20.8 Å². The lowest BCUT2D eigenvalue weighted by Gasteiger charge is -2.40. The zero-order valence-electron chi connectivity index (χ0n) is 18.0. The van der Waals surface area contributed by atoms with Crippen molar-refractivity contribution in [1.82, 2.24) is 14.7 Å². The van der Waals surface area contributed by atoms with Crippen molar-refractivity contribution in [2.45, 2.75) is 45.1 Å². The van der Waals surface area contributed by atoms with Crippen LogP contribution in [0.2, 0.25) is 0 Å². The van der Waals surface area contributed by atoms with E-state index in [1.807, 2.05) is 34.9 Å². The van der Waals surface area contributed by atoms with Gasteiger partial charge < -0.3 is 15.5 Å². The lowest BCUT2D eigenvalue weighted by atomic mass is 9.96. The number of amides is 3. The van der Waals surface area contributed by atoms with E-state index in [1.165, 1.54) is 5.56 Å². The number of carbonyl (C=O) groups excluding carboxylic acids is 3. The molecule has 7 heteroatoms.